The van der Waals surface area contributed by atoms with Crippen molar-refractivity contribution in [2.75, 3.05) is 0 Å². The van der Waals surface area contributed by atoms with Gasteiger partial charge in [-0.05, 0) is 24.7 Å². The van der Waals surface area contributed by atoms with Gasteiger partial charge in [-0.25, -0.2) is 0 Å². The first kappa shape index (κ1) is 16.2. The van der Waals surface area contributed by atoms with Gasteiger partial charge < -0.3 is 4.74 Å². The molecule has 110 valence electrons. The molecular weight excluding hydrogens is 240 g/mol. The van der Waals surface area contributed by atoms with E-state index in [9.17, 15) is 9.59 Å². The van der Waals surface area contributed by atoms with Crippen LogP contribution in [0.15, 0.2) is 0 Å². The maximum atomic E-state index is 12.4. The van der Waals surface area contributed by atoms with Crippen LogP contribution in [0, 0.1) is 11.3 Å². The molecule has 0 saturated heterocycles. The third-order valence-electron chi connectivity index (χ3n) is 3.64. The number of carbonyl (C=O) groups excluding carboxylic acids is 2. The highest BCUT2D eigenvalue weighted by atomic mass is 16.5. The average molecular weight is 268 g/mol. The van der Waals surface area contributed by atoms with Gasteiger partial charge in [0.05, 0.1) is 6.42 Å². The second-order valence-electron chi connectivity index (χ2n) is 6.86. The summed E-state index contributed by atoms with van der Waals surface area (Å²) in [5, 5.41) is 0. The van der Waals surface area contributed by atoms with Crippen molar-refractivity contribution in [3.63, 3.8) is 0 Å². The van der Waals surface area contributed by atoms with Crippen molar-refractivity contribution in [1.29, 1.82) is 0 Å². The molecule has 3 nitrogen and oxygen atoms in total. The van der Waals surface area contributed by atoms with E-state index in [1.807, 2.05) is 27.7 Å². The van der Waals surface area contributed by atoms with Gasteiger partial charge >= 0.3 is 5.97 Å². The predicted molar refractivity (Wildman–Crippen MR) is 75.8 cm³/mol. The Morgan fingerprint density at radius 3 is 2.21 bits per heavy atom. The molecule has 1 saturated carbocycles. The molecule has 0 N–H and O–H groups in total. The third kappa shape index (κ3) is 5.75. The second kappa shape index (κ2) is 7.06. The van der Waals surface area contributed by atoms with Crippen LogP contribution in [-0.2, 0) is 14.3 Å². The van der Waals surface area contributed by atoms with E-state index in [-0.39, 0.29) is 23.1 Å². The highest BCUT2D eigenvalue weighted by molar-refractivity contribution is 5.87. The van der Waals surface area contributed by atoms with E-state index in [0.717, 1.165) is 25.7 Å². The molecule has 0 amide bonds. The SMILES string of the molecule is CCC(OC(=O)CC(C)(C)C)C(=O)C1CCCCC1. The van der Waals surface area contributed by atoms with Crippen LogP contribution in [0.5, 0.6) is 0 Å². The molecule has 0 aromatic carbocycles. The molecule has 0 aromatic rings. The minimum absolute atomic E-state index is 0.0940. The molecule has 1 aliphatic carbocycles. The molecule has 0 aromatic heterocycles. The molecule has 0 bridgehead atoms. The summed E-state index contributed by atoms with van der Waals surface area (Å²) in [4.78, 5) is 24.2. The van der Waals surface area contributed by atoms with E-state index >= 15 is 0 Å². The third-order valence-corrected chi connectivity index (χ3v) is 3.64. The maximum absolute atomic E-state index is 12.4. The van der Waals surface area contributed by atoms with Gasteiger partial charge in [-0.3, -0.25) is 9.59 Å². The van der Waals surface area contributed by atoms with Gasteiger partial charge in [0, 0.05) is 5.92 Å². The number of carbonyl (C=O) groups is 2. The van der Waals surface area contributed by atoms with Gasteiger partial charge in [0.1, 0.15) is 0 Å². The Labute approximate surface area is 117 Å². The zero-order valence-corrected chi connectivity index (χ0v) is 12.8. The van der Waals surface area contributed by atoms with E-state index in [2.05, 4.69) is 0 Å². The number of hydrogen-bond acceptors (Lipinski definition) is 3. The first-order valence-electron chi connectivity index (χ1n) is 7.56. The Morgan fingerprint density at radius 2 is 1.74 bits per heavy atom. The lowest BCUT2D eigenvalue weighted by Gasteiger charge is -2.25. The monoisotopic (exact) mass is 268 g/mol. The normalized spacial score (nSPS) is 18.9. The summed E-state index contributed by atoms with van der Waals surface area (Å²) in [6.45, 7) is 7.91. The fourth-order valence-electron chi connectivity index (χ4n) is 2.63. The van der Waals surface area contributed by atoms with Crippen LogP contribution >= 0.6 is 0 Å². The molecule has 1 atom stereocenters. The van der Waals surface area contributed by atoms with Gasteiger partial charge in [-0.15, -0.1) is 0 Å². The number of Topliss-reactive ketones (excluding diaryl/α,β-unsaturated/α-hetero) is 1. The summed E-state index contributed by atoms with van der Waals surface area (Å²) in [5.41, 5.74) is -0.0940. The van der Waals surface area contributed by atoms with Crippen LogP contribution in [0.25, 0.3) is 0 Å². The predicted octanol–water partition coefficient (Wildman–Crippen LogP) is 3.89. The zero-order valence-electron chi connectivity index (χ0n) is 12.8. The number of hydrogen-bond donors (Lipinski definition) is 0. The van der Waals surface area contributed by atoms with Gasteiger partial charge in [0.15, 0.2) is 11.9 Å². The van der Waals surface area contributed by atoms with E-state index in [4.69, 9.17) is 4.74 Å². The number of rotatable bonds is 5. The summed E-state index contributed by atoms with van der Waals surface area (Å²) >= 11 is 0. The molecule has 0 spiro atoms. The largest absolute Gasteiger partial charge is 0.454 e. The lowest BCUT2D eigenvalue weighted by Crippen LogP contribution is -2.34. The standard InChI is InChI=1S/C16H28O3/c1-5-13(19-14(17)11-16(2,3)4)15(18)12-9-7-6-8-10-12/h12-13H,5-11H2,1-4H3. The van der Waals surface area contributed by atoms with Crippen molar-refractivity contribution < 1.29 is 14.3 Å². The molecule has 1 rings (SSSR count). The van der Waals surface area contributed by atoms with Gasteiger partial charge in [0.25, 0.3) is 0 Å². The fraction of sp³-hybridized carbons (Fsp3) is 0.875. The number of ether oxygens (including phenoxy) is 1. The van der Waals surface area contributed by atoms with Crippen molar-refractivity contribution in [2.45, 2.75) is 78.7 Å². The summed E-state index contributed by atoms with van der Waals surface area (Å²) in [5.74, 6) is 0.00843. The number of esters is 1. The van der Waals surface area contributed by atoms with Crippen LogP contribution in [-0.4, -0.2) is 17.9 Å². The summed E-state index contributed by atoms with van der Waals surface area (Å²) < 4.78 is 5.40. The molecular formula is C16H28O3. The Kier molecular flexibility index (Phi) is 6.02. The highest BCUT2D eigenvalue weighted by Gasteiger charge is 2.30. The minimum Gasteiger partial charge on any atom is -0.454 e. The van der Waals surface area contributed by atoms with Crippen LogP contribution in [0.4, 0.5) is 0 Å². The molecule has 0 aliphatic heterocycles. The zero-order chi connectivity index (χ0) is 14.5. The topological polar surface area (TPSA) is 43.4 Å². The van der Waals surface area contributed by atoms with E-state index in [1.165, 1.54) is 6.42 Å². The summed E-state index contributed by atoms with van der Waals surface area (Å²) in [7, 11) is 0. The summed E-state index contributed by atoms with van der Waals surface area (Å²) in [6, 6.07) is 0. The van der Waals surface area contributed by atoms with Crippen molar-refractivity contribution in [3.8, 4) is 0 Å². The molecule has 1 fully saturated rings. The molecule has 1 aliphatic rings. The Morgan fingerprint density at radius 1 is 1.16 bits per heavy atom. The summed E-state index contributed by atoms with van der Waals surface area (Å²) in [6.07, 6.45) is 5.83. The van der Waals surface area contributed by atoms with Crippen molar-refractivity contribution >= 4 is 11.8 Å². The Balaban J connectivity index is 2.52. The lowest BCUT2D eigenvalue weighted by atomic mass is 9.84. The van der Waals surface area contributed by atoms with E-state index in [1.54, 1.807) is 0 Å². The van der Waals surface area contributed by atoms with E-state index < -0.39 is 6.10 Å². The van der Waals surface area contributed by atoms with Gasteiger partial charge in [-0.1, -0.05) is 47.0 Å². The maximum Gasteiger partial charge on any atom is 0.307 e. The van der Waals surface area contributed by atoms with Gasteiger partial charge in [-0.2, -0.15) is 0 Å². The first-order chi connectivity index (χ1) is 8.83. The Bertz CT molecular complexity index is 308. The number of ketones is 1. The smallest absolute Gasteiger partial charge is 0.307 e. The molecule has 0 radical (unpaired) electrons. The van der Waals surface area contributed by atoms with Crippen molar-refractivity contribution in [3.05, 3.63) is 0 Å². The van der Waals surface area contributed by atoms with Crippen molar-refractivity contribution in [2.24, 2.45) is 11.3 Å². The second-order valence-corrected chi connectivity index (χ2v) is 6.86. The minimum atomic E-state index is -0.530. The van der Waals surface area contributed by atoms with Crippen LogP contribution in [0.2, 0.25) is 0 Å². The quantitative estimate of drug-likeness (QED) is 0.710. The van der Waals surface area contributed by atoms with Crippen LogP contribution < -0.4 is 0 Å². The average Bonchev–Trinajstić information content (AvgIpc) is 2.34. The van der Waals surface area contributed by atoms with Crippen LogP contribution in [0.1, 0.15) is 72.6 Å². The van der Waals surface area contributed by atoms with Gasteiger partial charge in [0.2, 0.25) is 0 Å². The molecule has 1 unspecified atom stereocenters. The highest BCUT2D eigenvalue weighted by Crippen LogP contribution is 2.27. The van der Waals surface area contributed by atoms with E-state index in [0.29, 0.717) is 12.8 Å². The van der Waals surface area contributed by atoms with Crippen molar-refractivity contribution in [1.82, 2.24) is 0 Å². The molecule has 19 heavy (non-hydrogen) atoms. The fourth-order valence-corrected chi connectivity index (χ4v) is 2.63. The lowest BCUT2D eigenvalue weighted by molar-refractivity contribution is -0.158. The van der Waals surface area contributed by atoms with Crippen LogP contribution in [0.3, 0.4) is 0 Å². The molecule has 0 heterocycles. The molecule has 3 heteroatoms. The Hall–Kier alpha value is -0.860. The first-order valence-corrected chi connectivity index (χ1v) is 7.56.